The van der Waals surface area contributed by atoms with Crippen LogP contribution in [-0.4, -0.2) is 19.3 Å². The normalized spacial score (nSPS) is 12.3. The van der Waals surface area contributed by atoms with E-state index >= 15 is 0 Å². The molecule has 126 valence electrons. The van der Waals surface area contributed by atoms with Crippen molar-refractivity contribution >= 4 is 5.91 Å². The van der Waals surface area contributed by atoms with Crippen LogP contribution in [-0.2, 0) is 11.3 Å². The Balaban J connectivity index is 1.48. The maximum atomic E-state index is 12.0. The predicted molar refractivity (Wildman–Crippen MR) is 90.4 cm³/mol. The number of ether oxygens (including phenoxy) is 3. The summed E-state index contributed by atoms with van der Waals surface area (Å²) in [7, 11) is 0. The van der Waals surface area contributed by atoms with E-state index in [1.807, 2.05) is 36.4 Å². The number of benzene rings is 2. The SMILES string of the molecule is CC(C)c1cccc(OCC(=O)NCc2ccc3c(c2)OCO3)c1. The van der Waals surface area contributed by atoms with Crippen LogP contribution >= 0.6 is 0 Å². The first kappa shape index (κ1) is 16.2. The highest BCUT2D eigenvalue weighted by molar-refractivity contribution is 5.77. The van der Waals surface area contributed by atoms with E-state index < -0.39 is 0 Å². The maximum Gasteiger partial charge on any atom is 0.258 e. The molecule has 0 fully saturated rings. The van der Waals surface area contributed by atoms with Crippen molar-refractivity contribution in [2.45, 2.75) is 26.3 Å². The maximum absolute atomic E-state index is 12.0. The molecule has 0 radical (unpaired) electrons. The second kappa shape index (κ2) is 7.25. The minimum Gasteiger partial charge on any atom is -0.484 e. The van der Waals surface area contributed by atoms with Gasteiger partial charge in [0.25, 0.3) is 5.91 Å². The number of hydrogen-bond donors (Lipinski definition) is 1. The van der Waals surface area contributed by atoms with Gasteiger partial charge in [0.1, 0.15) is 5.75 Å². The van der Waals surface area contributed by atoms with E-state index in [1.165, 1.54) is 5.56 Å². The Morgan fingerprint density at radius 3 is 2.83 bits per heavy atom. The first-order valence-corrected chi connectivity index (χ1v) is 8.00. The van der Waals surface area contributed by atoms with Crippen LogP contribution in [0.4, 0.5) is 0 Å². The van der Waals surface area contributed by atoms with Gasteiger partial charge in [-0.1, -0.05) is 32.0 Å². The van der Waals surface area contributed by atoms with Crippen LogP contribution in [0.5, 0.6) is 17.2 Å². The van der Waals surface area contributed by atoms with Gasteiger partial charge in [0.05, 0.1) is 0 Å². The zero-order valence-corrected chi connectivity index (χ0v) is 13.9. The van der Waals surface area contributed by atoms with E-state index in [0.29, 0.717) is 24.0 Å². The lowest BCUT2D eigenvalue weighted by Gasteiger charge is -2.10. The Hall–Kier alpha value is -2.69. The summed E-state index contributed by atoms with van der Waals surface area (Å²) in [6, 6.07) is 13.4. The Morgan fingerprint density at radius 1 is 1.17 bits per heavy atom. The molecule has 1 aliphatic heterocycles. The van der Waals surface area contributed by atoms with Crippen molar-refractivity contribution in [1.29, 1.82) is 0 Å². The van der Waals surface area contributed by atoms with Crippen molar-refractivity contribution in [2.75, 3.05) is 13.4 Å². The summed E-state index contributed by atoms with van der Waals surface area (Å²) in [4.78, 5) is 12.0. The average Bonchev–Trinajstić information content (AvgIpc) is 3.06. The van der Waals surface area contributed by atoms with Crippen LogP contribution in [0, 0.1) is 0 Å². The molecule has 0 unspecified atom stereocenters. The standard InChI is InChI=1S/C19H21NO4/c1-13(2)15-4-3-5-16(9-15)22-11-19(21)20-10-14-6-7-17-18(8-14)24-12-23-17/h3-9,13H,10-12H2,1-2H3,(H,20,21). The third-order valence-electron chi connectivity index (χ3n) is 3.82. The lowest BCUT2D eigenvalue weighted by molar-refractivity contribution is -0.123. The fourth-order valence-corrected chi connectivity index (χ4v) is 2.41. The summed E-state index contributed by atoms with van der Waals surface area (Å²) >= 11 is 0. The number of amides is 1. The van der Waals surface area contributed by atoms with Crippen LogP contribution in [0.15, 0.2) is 42.5 Å². The molecule has 0 aliphatic carbocycles. The van der Waals surface area contributed by atoms with Crippen molar-refractivity contribution in [2.24, 2.45) is 0 Å². The van der Waals surface area contributed by atoms with E-state index in [-0.39, 0.29) is 19.3 Å². The first-order chi connectivity index (χ1) is 11.6. The molecular weight excluding hydrogens is 306 g/mol. The molecule has 0 spiro atoms. The monoisotopic (exact) mass is 327 g/mol. The van der Waals surface area contributed by atoms with Gasteiger partial charge >= 0.3 is 0 Å². The zero-order valence-electron chi connectivity index (χ0n) is 13.9. The Labute approximate surface area is 141 Å². The molecule has 1 heterocycles. The Kier molecular flexibility index (Phi) is 4.89. The summed E-state index contributed by atoms with van der Waals surface area (Å²) < 4.78 is 16.1. The topological polar surface area (TPSA) is 56.8 Å². The number of carbonyl (C=O) groups excluding carboxylic acids is 1. The molecule has 0 saturated heterocycles. The summed E-state index contributed by atoms with van der Waals surface area (Å²) in [5.74, 6) is 2.41. The zero-order chi connectivity index (χ0) is 16.9. The molecule has 5 heteroatoms. The fourth-order valence-electron chi connectivity index (χ4n) is 2.41. The quantitative estimate of drug-likeness (QED) is 0.885. The van der Waals surface area contributed by atoms with Crippen LogP contribution < -0.4 is 19.5 Å². The summed E-state index contributed by atoms with van der Waals surface area (Å²) in [6.07, 6.45) is 0. The van der Waals surface area contributed by atoms with Crippen LogP contribution in [0.3, 0.4) is 0 Å². The van der Waals surface area contributed by atoms with Crippen LogP contribution in [0.25, 0.3) is 0 Å². The highest BCUT2D eigenvalue weighted by Crippen LogP contribution is 2.32. The van der Waals surface area contributed by atoms with Gasteiger partial charge in [0, 0.05) is 6.54 Å². The lowest BCUT2D eigenvalue weighted by Crippen LogP contribution is -2.28. The average molecular weight is 327 g/mol. The van der Waals surface area contributed by atoms with Gasteiger partial charge in [-0.25, -0.2) is 0 Å². The molecule has 24 heavy (non-hydrogen) atoms. The fraction of sp³-hybridized carbons (Fsp3) is 0.316. The molecule has 2 aromatic carbocycles. The molecule has 1 aliphatic rings. The van der Waals surface area contributed by atoms with E-state index in [1.54, 1.807) is 0 Å². The van der Waals surface area contributed by atoms with Gasteiger partial charge in [-0.2, -0.15) is 0 Å². The van der Waals surface area contributed by atoms with Crippen molar-refractivity contribution in [3.8, 4) is 17.2 Å². The van der Waals surface area contributed by atoms with Gasteiger partial charge < -0.3 is 19.5 Å². The van der Waals surface area contributed by atoms with Gasteiger partial charge in [-0.3, -0.25) is 4.79 Å². The number of carbonyl (C=O) groups is 1. The lowest BCUT2D eigenvalue weighted by atomic mass is 10.0. The smallest absolute Gasteiger partial charge is 0.258 e. The van der Waals surface area contributed by atoms with E-state index in [0.717, 1.165) is 11.3 Å². The molecule has 1 N–H and O–H groups in total. The summed E-state index contributed by atoms with van der Waals surface area (Å²) in [5, 5.41) is 2.84. The predicted octanol–water partition coefficient (Wildman–Crippen LogP) is 3.23. The van der Waals surface area contributed by atoms with Gasteiger partial charge in [0.15, 0.2) is 18.1 Å². The van der Waals surface area contributed by atoms with E-state index in [4.69, 9.17) is 14.2 Å². The second-order valence-corrected chi connectivity index (χ2v) is 5.98. The molecule has 3 rings (SSSR count). The van der Waals surface area contributed by atoms with E-state index in [2.05, 4.69) is 25.2 Å². The van der Waals surface area contributed by atoms with E-state index in [9.17, 15) is 4.79 Å². The first-order valence-electron chi connectivity index (χ1n) is 8.00. The van der Waals surface area contributed by atoms with Gasteiger partial charge in [0.2, 0.25) is 6.79 Å². The van der Waals surface area contributed by atoms with Crippen LogP contribution in [0.1, 0.15) is 30.9 Å². The molecule has 0 saturated carbocycles. The Morgan fingerprint density at radius 2 is 2.00 bits per heavy atom. The summed E-state index contributed by atoms with van der Waals surface area (Å²) in [6.45, 7) is 4.90. The molecule has 0 bridgehead atoms. The molecule has 0 aromatic heterocycles. The highest BCUT2D eigenvalue weighted by Gasteiger charge is 2.13. The largest absolute Gasteiger partial charge is 0.484 e. The minimum absolute atomic E-state index is 0.00784. The van der Waals surface area contributed by atoms with Crippen molar-refractivity contribution in [3.63, 3.8) is 0 Å². The van der Waals surface area contributed by atoms with Crippen molar-refractivity contribution < 1.29 is 19.0 Å². The minimum atomic E-state index is -0.164. The molecule has 1 amide bonds. The molecule has 0 atom stereocenters. The molecular formula is C19H21NO4. The third-order valence-corrected chi connectivity index (χ3v) is 3.82. The number of fused-ring (bicyclic) bond motifs is 1. The number of hydrogen-bond acceptors (Lipinski definition) is 4. The second-order valence-electron chi connectivity index (χ2n) is 5.98. The van der Waals surface area contributed by atoms with Crippen molar-refractivity contribution in [3.05, 3.63) is 53.6 Å². The molecule has 2 aromatic rings. The number of rotatable bonds is 6. The Bertz CT molecular complexity index is 727. The third kappa shape index (κ3) is 3.98. The molecule has 5 nitrogen and oxygen atoms in total. The summed E-state index contributed by atoms with van der Waals surface area (Å²) in [5.41, 5.74) is 2.14. The van der Waals surface area contributed by atoms with Gasteiger partial charge in [-0.15, -0.1) is 0 Å². The highest BCUT2D eigenvalue weighted by atomic mass is 16.7. The van der Waals surface area contributed by atoms with Crippen LogP contribution in [0.2, 0.25) is 0 Å². The van der Waals surface area contributed by atoms with Crippen molar-refractivity contribution in [1.82, 2.24) is 5.32 Å². The number of nitrogens with one attached hydrogen (secondary N) is 1. The van der Waals surface area contributed by atoms with Gasteiger partial charge in [-0.05, 0) is 41.3 Å².